The number of thiophene rings is 1. The number of hydrogen-bond acceptors (Lipinski definition) is 8. The lowest BCUT2D eigenvalue weighted by Gasteiger charge is -2.26. The summed E-state index contributed by atoms with van der Waals surface area (Å²) in [5.74, 6) is 2.51. The largest absolute Gasteiger partial charge is 0.379 e. The van der Waals surface area contributed by atoms with Crippen LogP contribution in [-0.2, 0) is 11.3 Å². The van der Waals surface area contributed by atoms with Crippen LogP contribution >= 0.6 is 11.3 Å². The molecule has 1 fully saturated rings. The first-order valence-corrected chi connectivity index (χ1v) is 11.8. The minimum absolute atomic E-state index is 0.000824. The van der Waals surface area contributed by atoms with E-state index < -0.39 is 0 Å². The van der Waals surface area contributed by atoms with Crippen molar-refractivity contribution in [2.24, 2.45) is 0 Å². The molecule has 1 N–H and O–H groups in total. The van der Waals surface area contributed by atoms with Crippen molar-refractivity contribution in [3.8, 4) is 11.1 Å². The predicted molar refractivity (Wildman–Crippen MR) is 127 cm³/mol. The van der Waals surface area contributed by atoms with Crippen LogP contribution in [0.1, 0.15) is 35.8 Å². The highest BCUT2D eigenvalue weighted by Crippen LogP contribution is 2.38. The van der Waals surface area contributed by atoms with E-state index in [1.807, 2.05) is 19.9 Å². The molecule has 4 aromatic rings. The molecule has 1 atom stereocenters. The van der Waals surface area contributed by atoms with Gasteiger partial charge in [-0.2, -0.15) is 0 Å². The van der Waals surface area contributed by atoms with Gasteiger partial charge in [0.2, 0.25) is 0 Å². The molecule has 7 nitrogen and oxygen atoms in total. The van der Waals surface area contributed by atoms with Crippen molar-refractivity contribution in [3.05, 3.63) is 58.6 Å². The molecule has 0 spiro atoms. The van der Waals surface area contributed by atoms with E-state index in [-0.39, 0.29) is 6.04 Å². The van der Waals surface area contributed by atoms with Crippen molar-refractivity contribution in [2.75, 3.05) is 31.6 Å². The van der Waals surface area contributed by atoms with E-state index in [2.05, 4.69) is 51.9 Å². The van der Waals surface area contributed by atoms with Crippen molar-refractivity contribution in [1.29, 1.82) is 0 Å². The van der Waals surface area contributed by atoms with E-state index >= 15 is 0 Å². The van der Waals surface area contributed by atoms with Crippen molar-refractivity contribution in [3.63, 3.8) is 0 Å². The summed E-state index contributed by atoms with van der Waals surface area (Å²) in [6, 6.07) is 10.4. The number of aromatic nitrogens is 3. The van der Waals surface area contributed by atoms with Crippen LogP contribution in [0.5, 0.6) is 0 Å². The van der Waals surface area contributed by atoms with Gasteiger partial charge in [0.1, 0.15) is 22.2 Å². The Balaban J connectivity index is 1.57. The number of hydrogen-bond donors (Lipinski definition) is 1. The number of nitrogens with zero attached hydrogens (tertiary/aromatic N) is 4. The fourth-order valence-electron chi connectivity index (χ4n) is 4.34. The number of rotatable bonds is 6. The third-order valence-corrected chi connectivity index (χ3v) is 6.78. The first-order valence-electron chi connectivity index (χ1n) is 10.9. The van der Waals surface area contributed by atoms with Crippen LogP contribution in [0.25, 0.3) is 21.3 Å². The summed E-state index contributed by atoms with van der Waals surface area (Å²) in [5, 5.41) is 11.0. The minimum Gasteiger partial charge on any atom is -0.379 e. The molecule has 0 radical (unpaired) electrons. The summed E-state index contributed by atoms with van der Waals surface area (Å²) in [6.45, 7) is 10.1. The molecule has 4 heterocycles. The highest BCUT2D eigenvalue weighted by atomic mass is 32.1. The second-order valence-corrected chi connectivity index (χ2v) is 9.03. The molecular weight excluding hydrogens is 422 g/mol. The van der Waals surface area contributed by atoms with Gasteiger partial charge in [-0.15, -0.1) is 11.3 Å². The molecular formula is C24H27N5O2S. The maximum absolute atomic E-state index is 5.49. The summed E-state index contributed by atoms with van der Waals surface area (Å²) >= 11 is 1.66. The Hall–Kier alpha value is -2.81. The Morgan fingerprint density at radius 3 is 2.62 bits per heavy atom. The number of anilines is 1. The molecule has 0 amide bonds. The van der Waals surface area contributed by atoms with E-state index in [0.717, 1.165) is 76.3 Å². The summed E-state index contributed by atoms with van der Waals surface area (Å²) in [5.41, 5.74) is 4.28. The third-order valence-electron chi connectivity index (χ3n) is 5.91. The zero-order chi connectivity index (χ0) is 22.1. The predicted octanol–water partition coefficient (Wildman–Crippen LogP) is 4.97. The van der Waals surface area contributed by atoms with Crippen molar-refractivity contribution in [2.45, 2.75) is 33.4 Å². The normalized spacial score (nSPS) is 15.8. The maximum atomic E-state index is 5.49. The Kier molecular flexibility index (Phi) is 5.91. The molecule has 1 aliphatic heterocycles. The van der Waals surface area contributed by atoms with Gasteiger partial charge in [0.05, 0.1) is 36.9 Å². The Morgan fingerprint density at radius 2 is 1.91 bits per heavy atom. The van der Waals surface area contributed by atoms with Gasteiger partial charge in [-0.25, -0.2) is 9.97 Å². The monoisotopic (exact) mass is 449 g/mol. The molecule has 166 valence electrons. The Morgan fingerprint density at radius 1 is 1.12 bits per heavy atom. The third kappa shape index (κ3) is 4.13. The van der Waals surface area contributed by atoms with Crippen molar-refractivity contribution in [1.82, 2.24) is 20.0 Å². The number of aryl methyl sites for hydroxylation is 2. The lowest BCUT2D eigenvalue weighted by molar-refractivity contribution is 0.0331. The summed E-state index contributed by atoms with van der Waals surface area (Å²) < 4.78 is 10.9. The molecule has 1 unspecified atom stereocenters. The zero-order valence-electron chi connectivity index (χ0n) is 18.6. The molecule has 3 aromatic heterocycles. The quantitative estimate of drug-likeness (QED) is 0.445. The second-order valence-electron chi connectivity index (χ2n) is 8.18. The van der Waals surface area contributed by atoms with E-state index in [4.69, 9.17) is 19.2 Å². The van der Waals surface area contributed by atoms with Crippen molar-refractivity contribution >= 4 is 27.4 Å². The van der Waals surface area contributed by atoms with Crippen LogP contribution in [-0.4, -0.2) is 46.3 Å². The average Bonchev–Trinajstić information content (AvgIpc) is 3.38. The van der Waals surface area contributed by atoms with E-state index in [1.165, 1.54) is 0 Å². The molecule has 0 saturated carbocycles. The lowest BCUT2D eigenvalue weighted by Crippen LogP contribution is -2.36. The smallest absolute Gasteiger partial charge is 0.146 e. The maximum Gasteiger partial charge on any atom is 0.146 e. The fraction of sp³-hybridized carbons (Fsp3) is 0.375. The number of nitrogens with one attached hydrogen (secondary N) is 1. The molecule has 8 heteroatoms. The lowest BCUT2D eigenvalue weighted by atomic mass is 10.0. The summed E-state index contributed by atoms with van der Waals surface area (Å²) in [7, 11) is 0. The van der Waals surface area contributed by atoms with Gasteiger partial charge in [-0.05, 0) is 26.3 Å². The van der Waals surface area contributed by atoms with Gasteiger partial charge in [0.25, 0.3) is 0 Å². The van der Waals surface area contributed by atoms with Crippen molar-refractivity contribution < 1.29 is 9.26 Å². The molecule has 1 aromatic carbocycles. The minimum atomic E-state index is -0.000824. The topological polar surface area (TPSA) is 76.3 Å². The number of fused-ring (bicyclic) bond motifs is 1. The van der Waals surface area contributed by atoms with Crippen LogP contribution in [0.4, 0.5) is 5.82 Å². The van der Waals surface area contributed by atoms with Gasteiger partial charge >= 0.3 is 0 Å². The van der Waals surface area contributed by atoms with E-state index in [1.54, 1.807) is 11.3 Å². The molecule has 1 saturated heterocycles. The highest BCUT2D eigenvalue weighted by Gasteiger charge is 2.22. The van der Waals surface area contributed by atoms with Crippen LogP contribution in [0.2, 0.25) is 0 Å². The first kappa shape index (κ1) is 21.1. The number of benzene rings is 1. The highest BCUT2D eigenvalue weighted by molar-refractivity contribution is 7.17. The summed E-state index contributed by atoms with van der Waals surface area (Å²) in [4.78, 5) is 13.3. The van der Waals surface area contributed by atoms with E-state index in [0.29, 0.717) is 6.54 Å². The van der Waals surface area contributed by atoms with Crippen LogP contribution in [0, 0.1) is 13.8 Å². The zero-order valence-corrected chi connectivity index (χ0v) is 19.4. The SMILES string of the molecule is Cc1noc(C)c1C(C)Nc1nc(CN2CCOCC2)nc2scc(-c3ccccc3)c12. The summed E-state index contributed by atoms with van der Waals surface area (Å²) in [6.07, 6.45) is 0. The molecule has 1 aliphatic rings. The fourth-order valence-corrected chi connectivity index (χ4v) is 5.30. The Labute approximate surface area is 191 Å². The Bertz CT molecular complexity index is 1190. The van der Waals surface area contributed by atoms with Crippen LogP contribution in [0.3, 0.4) is 0 Å². The van der Waals surface area contributed by atoms with Gasteiger partial charge in [-0.3, -0.25) is 4.90 Å². The van der Waals surface area contributed by atoms with Crippen LogP contribution < -0.4 is 5.32 Å². The van der Waals surface area contributed by atoms with E-state index in [9.17, 15) is 0 Å². The average molecular weight is 450 g/mol. The molecule has 32 heavy (non-hydrogen) atoms. The molecule has 0 aliphatic carbocycles. The molecule has 0 bridgehead atoms. The number of ether oxygens (including phenoxy) is 1. The van der Waals surface area contributed by atoms with Gasteiger partial charge in [0.15, 0.2) is 0 Å². The first-order chi connectivity index (χ1) is 15.6. The van der Waals surface area contributed by atoms with Gasteiger partial charge in [-0.1, -0.05) is 35.5 Å². The second kappa shape index (κ2) is 8.97. The van der Waals surface area contributed by atoms with Gasteiger partial charge in [0, 0.05) is 29.6 Å². The standard InChI is InChI=1S/C24H27N5O2S/c1-15(21-16(2)28-31-17(21)3)25-23-22-19(18-7-5-4-6-8-18)14-32-24(22)27-20(26-23)13-29-9-11-30-12-10-29/h4-8,14-15H,9-13H2,1-3H3,(H,25,26,27). The van der Waals surface area contributed by atoms with Gasteiger partial charge < -0.3 is 14.6 Å². The number of morpholine rings is 1. The van der Waals surface area contributed by atoms with Crippen LogP contribution in [0.15, 0.2) is 40.2 Å². The molecule has 5 rings (SSSR count).